The second-order valence-corrected chi connectivity index (χ2v) is 8.83. The second-order valence-electron chi connectivity index (χ2n) is 8.83. The summed E-state index contributed by atoms with van der Waals surface area (Å²) >= 11 is 0. The van der Waals surface area contributed by atoms with Crippen LogP contribution < -0.4 is 10.6 Å². The zero-order chi connectivity index (χ0) is 21.5. The van der Waals surface area contributed by atoms with Crippen LogP contribution in [0.15, 0.2) is 29.3 Å². The Labute approximate surface area is 179 Å². The molecule has 0 aliphatic carbocycles. The first-order chi connectivity index (χ1) is 14.5. The van der Waals surface area contributed by atoms with Crippen molar-refractivity contribution in [3.05, 3.63) is 35.6 Å². The number of guanidine groups is 1. The Balaban J connectivity index is 1.37. The number of nitrogens with zero attached hydrogens (tertiary/aromatic N) is 3. The molecule has 1 aromatic carbocycles. The monoisotopic (exact) mass is 417 g/mol. The van der Waals surface area contributed by atoms with E-state index in [4.69, 9.17) is 0 Å². The zero-order valence-electron chi connectivity index (χ0n) is 18.5. The van der Waals surface area contributed by atoms with Gasteiger partial charge < -0.3 is 15.5 Å². The molecule has 2 aliphatic heterocycles. The van der Waals surface area contributed by atoms with E-state index in [1.807, 2.05) is 30.9 Å². The summed E-state index contributed by atoms with van der Waals surface area (Å²) in [5, 5.41) is 6.93. The van der Waals surface area contributed by atoms with E-state index in [1.165, 1.54) is 6.07 Å². The zero-order valence-corrected chi connectivity index (χ0v) is 18.5. The number of aliphatic imine (C=N–C) groups is 1. The first kappa shape index (κ1) is 22.5. The largest absolute Gasteiger partial charge is 0.356 e. The number of nitrogens with one attached hydrogen (secondary N) is 2. The van der Waals surface area contributed by atoms with E-state index in [0.29, 0.717) is 12.5 Å². The van der Waals surface area contributed by atoms with Crippen molar-refractivity contribution in [2.75, 3.05) is 39.8 Å². The lowest BCUT2D eigenvalue weighted by Gasteiger charge is -2.32. The summed E-state index contributed by atoms with van der Waals surface area (Å²) in [6.07, 6.45) is 3.14. The normalized spacial score (nSPS) is 21.3. The first-order valence-electron chi connectivity index (χ1n) is 11.2. The van der Waals surface area contributed by atoms with Gasteiger partial charge in [0.1, 0.15) is 5.82 Å². The molecule has 0 spiro atoms. The van der Waals surface area contributed by atoms with Gasteiger partial charge in [-0.3, -0.25) is 14.7 Å². The van der Waals surface area contributed by atoms with Crippen molar-refractivity contribution in [3.8, 4) is 0 Å². The molecule has 6 nitrogen and oxygen atoms in total. The lowest BCUT2D eigenvalue weighted by molar-refractivity contribution is -0.133. The van der Waals surface area contributed by atoms with E-state index in [0.717, 1.165) is 63.5 Å². The molecule has 1 atom stereocenters. The summed E-state index contributed by atoms with van der Waals surface area (Å²) in [6.45, 7) is 9.00. The summed E-state index contributed by atoms with van der Waals surface area (Å²) in [6, 6.07) is 7.30. The summed E-state index contributed by atoms with van der Waals surface area (Å²) < 4.78 is 13.9. The van der Waals surface area contributed by atoms with Crippen molar-refractivity contribution in [1.29, 1.82) is 0 Å². The molecule has 7 heteroatoms. The summed E-state index contributed by atoms with van der Waals surface area (Å²) in [7, 11) is 1.79. The quantitative estimate of drug-likeness (QED) is 0.551. The molecule has 2 aliphatic rings. The van der Waals surface area contributed by atoms with Gasteiger partial charge in [0.25, 0.3) is 0 Å². The van der Waals surface area contributed by atoms with Crippen molar-refractivity contribution in [2.24, 2.45) is 16.8 Å². The maximum absolute atomic E-state index is 13.9. The average molecular weight is 418 g/mol. The fraction of sp³-hybridized carbons (Fsp3) is 0.652. The smallest absolute Gasteiger partial charge is 0.225 e. The van der Waals surface area contributed by atoms with Crippen LogP contribution in [0.5, 0.6) is 0 Å². The second kappa shape index (κ2) is 10.8. The van der Waals surface area contributed by atoms with Gasteiger partial charge in [0.05, 0.1) is 0 Å². The van der Waals surface area contributed by atoms with Gasteiger partial charge in [-0.25, -0.2) is 4.39 Å². The predicted molar refractivity (Wildman–Crippen MR) is 119 cm³/mol. The van der Waals surface area contributed by atoms with Crippen LogP contribution >= 0.6 is 0 Å². The highest BCUT2D eigenvalue weighted by molar-refractivity contribution is 5.81. The molecule has 2 saturated heterocycles. The van der Waals surface area contributed by atoms with Gasteiger partial charge in [-0.2, -0.15) is 0 Å². The third-order valence-corrected chi connectivity index (χ3v) is 6.18. The number of hydrogen-bond acceptors (Lipinski definition) is 3. The molecule has 2 fully saturated rings. The van der Waals surface area contributed by atoms with E-state index in [9.17, 15) is 9.18 Å². The third-order valence-electron chi connectivity index (χ3n) is 6.18. The number of hydrogen-bond donors (Lipinski definition) is 2. The maximum atomic E-state index is 13.9. The molecule has 1 unspecified atom stereocenters. The molecule has 0 radical (unpaired) electrons. The van der Waals surface area contributed by atoms with Gasteiger partial charge in [0, 0.05) is 50.7 Å². The molecule has 0 aromatic heterocycles. The maximum Gasteiger partial charge on any atom is 0.225 e. The van der Waals surface area contributed by atoms with Gasteiger partial charge in [0.2, 0.25) is 5.91 Å². The summed E-state index contributed by atoms with van der Waals surface area (Å²) in [5.41, 5.74) is 0.778. The van der Waals surface area contributed by atoms with Gasteiger partial charge in [-0.1, -0.05) is 32.0 Å². The minimum atomic E-state index is -0.114. The van der Waals surface area contributed by atoms with Crippen LogP contribution in [0.3, 0.4) is 0 Å². The summed E-state index contributed by atoms with van der Waals surface area (Å²) in [5.74, 6) is 1.56. The molecule has 1 amide bonds. The van der Waals surface area contributed by atoms with Crippen LogP contribution in [0.1, 0.15) is 38.7 Å². The van der Waals surface area contributed by atoms with Gasteiger partial charge in [-0.05, 0) is 44.3 Å². The van der Waals surface area contributed by atoms with Crippen molar-refractivity contribution >= 4 is 11.9 Å². The lowest BCUT2D eigenvalue weighted by atomic mass is 9.96. The van der Waals surface area contributed by atoms with Gasteiger partial charge >= 0.3 is 0 Å². The number of rotatable bonds is 6. The van der Waals surface area contributed by atoms with Crippen LogP contribution in [0.2, 0.25) is 0 Å². The van der Waals surface area contributed by atoms with Crippen LogP contribution in [0.4, 0.5) is 4.39 Å². The van der Waals surface area contributed by atoms with Crippen LogP contribution in [0.25, 0.3) is 0 Å². The Morgan fingerprint density at radius 2 is 1.93 bits per heavy atom. The Hall–Kier alpha value is -2.15. The Morgan fingerprint density at radius 1 is 1.20 bits per heavy atom. The molecule has 0 saturated carbocycles. The first-order valence-corrected chi connectivity index (χ1v) is 11.2. The van der Waals surface area contributed by atoms with Crippen LogP contribution in [-0.2, 0) is 11.3 Å². The number of amides is 1. The van der Waals surface area contributed by atoms with Crippen molar-refractivity contribution in [2.45, 2.75) is 45.7 Å². The van der Waals surface area contributed by atoms with Crippen LogP contribution in [-0.4, -0.2) is 67.5 Å². The molecule has 0 bridgehead atoms. The van der Waals surface area contributed by atoms with Gasteiger partial charge in [-0.15, -0.1) is 0 Å². The number of likely N-dealkylation sites (tertiary alicyclic amines) is 2. The van der Waals surface area contributed by atoms with E-state index in [1.54, 1.807) is 13.1 Å². The topological polar surface area (TPSA) is 60.0 Å². The van der Waals surface area contributed by atoms with Gasteiger partial charge in [0.15, 0.2) is 5.96 Å². The third kappa shape index (κ3) is 6.17. The minimum Gasteiger partial charge on any atom is -0.356 e. The Bertz CT molecular complexity index is 730. The number of carbonyl (C=O) groups excluding carboxylic acids is 1. The molecular formula is C23H36FN5O. The molecule has 30 heavy (non-hydrogen) atoms. The minimum absolute atomic E-state index is 0.0467. The van der Waals surface area contributed by atoms with Crippen molar-refractivity contribution in [1.82, 2.24) is 20.4 Å². The lowest BCUT2D eigenvalue weighted by Crippen LogP contribution is -2.47. The van der Waals surface area contributed by atoms with Crippen molar-refractivity contribution in [3.63, 3.8) is 0 Å². The van der Waals surface area contributed by atoms with E-state index in [-0.39, 0.29) is 23.7 Å². The number of benzene rings is 1. The number of halogens is 1. The van der Waals surface area contributed by atoms with E-state index in [2.05, 4.69) is 20.5 Å². The fourth-order valence-corrected chi connectivity index (χ4v) is 4.29. The highest BCUT2D eigenvalue weighted by Gasteiger charge is 2.28. The standard InChI is InChI=1S/C23H36FN5O/c1-17(2)22(30)29-13-10-20(16-29)27-23(25-3)26-14-18-8-11-28(12-9-18)15-19-6-4-5-7-21(19)24/h4-7,17-18,20H,8-16H2,1-3H3,(H2,25,26,27). The van der Waals surface area contributed by atoms with Crippen LogP contribution in [0, 0.1) is 17.7 Å². The molecule has 2 heterocycles. The number of carbonyl (C=O) groups is 1. The Kier molecular flexibility index (Phi) is 8.08. The molecule has 2 N–H and O–H groups in total. The SMILES string of the molecule is CN=C(NCC1CCN(Cc2ccccc2F)CC1)NC1CCN(C(=O)C(C)C)C1. The highest BCUT2D eigenvalue weighted by Crippen LogP contribution is 2.19. The van der Waals surface area contributed by atoms with Crippen molar-refractivity contribution < 1.29 is 9.18 Å². The predicted octanol–water partition coefficient (Wildman–Crippen LogP) is 2.46. The highest BCUT2D eigenvalue weighted by atomic mass is 19.1. The van der Waals surface area contributed by atoms with E-state index < -0.39 is 0 Å². The fourth-order valence-electron chi connectivity index (χ4n) is 4.29. The Morgan fingerprint density at radius 3 is 2.60 bits per heavy atom. The molecule has 1 aromatic rings. The molecule has 3 rings (SSSR count). The van der Waals surface area contributed by atoms with E-state index >= 15 is 0 Å². The number of piperidine rings is 1. The molecule has 166 valence electrons. The average Bonchev–Trinajstić information content (AvgIpc) is 3.21. The summed E-state index contributed by atoms with van der Waals surface area (Å²) in [4.78, 5) is 20.8. The molecular weight excluding hydrogens is 381 g/mol.